The molecule has 0 saturated heterocycles. The van der Waals surface area contributed by atoms with Gasteiger partial charge in [0, 0.05) is 11.8 Å². The van der Waals surface area contributed by atoms with Crippen LogP contribution in [0.2, 0.25) is 0 Å². The molecule has 0 aromatic carbocycles. The van der Waals surface area contributed by atoms with Crippen molar-refractivity contribution < 1.29 is 8.42 Å². The Balaban J connectivity index is 3.62. The van der Waals surface area contributed by atoms with Gasteiger partial charge in [0.05, 0.1) is 5.75 Å². The van der Waals surface area contributed by atoms with Gasteiger partial charge in [0.25, 0.3) is 0 Å². The predicted molar refractivity (Wildman–Crippen MR) is 72.5 cm³/mol. The lowest BCUT2D eigenvalue weighted by Crippen LogP contribution is -2.30. The van der Waals surface area contributed by atoms with E-state index in [0.717, 1.165) is 19.5 Å². The first-order valence-electron chi connectivity index (χ1n) is 5.72. The lowest BCUT2D eigenvalue weighted by molar-refractivity contribution is 0.573. The molecule has 2 N–H and O–H groups in total. The Morgan fingerprint density at radius 3 is 2.56 bits per heavy atom. The molecule has 6 heteroatoms. The van der Waals surface area contributed by atoms with Crippen molar-refractivity contribution in [3.63, 3.8) is 0 Å². The predicted octanol–water partition coefficient (Wildman–Crippen LogP) is 1.05. The number of thioether (sulfide) groups is 1. The van der Waals surface area contributed by atoms with Crippen LogP contribution in [0.1, 0.15) is 26.7 Å². The van der Waals surface area contributed by atoms with Crippen molar-refractivity contribution in [3.8, 4) is 0 Å². The van der Waals surface area contributed by atoms with E-state index < -0.39 is 10.0 Å². The fourth-order valence-corrected chi connectivity index (χ4v) is 2.62. The minimum absolute atomic E-state index is 0.216. The third kappa shape index (κ3) is 9.45. The fraction of sp³-hybridized carbons (Fsp3) is 1.00. The van der Waals surface area contributed by atoms with Crippen molar-refractivity contribution in [2.45, 2.75) is 31.9 Å². The Morgan fingerprint density at radius 1 is 1.31 bits per heavy atom. The van der Waals surface area contributed by atoms with Crippen molar-refractivity contribution in [2.75, 3.05) is 31.6 Å². The molecule has 0 fully saturated rings. The zero-order valence-corrected chi connectivity index (χ0v) is 12.1. The van der Waals surface area contributed by atoms with Crippen LogP contribution in [-0.2, 0) is 10.0 Å². The van der Waals surface area contributed by atoms with E-state index in [9.17, 15) is 8.42 Å². The van der Waals surface area contributed by atoms with Crippen LogP contribution in [0.5, 0.6) is 0 Å². The average molecular weight is 268 g/mol. The summed E-state index contributed by atoms with van der Waals surface area (Å²) in [4.78, 5) is 0. The lowest BCUT2D eigenvalue weighted by atomic mass is 10.3. The van der Waals surface area contributed by atoms with Gasteiger partial charge in [-0.1, -0.05) is 13.8 Å². The molecule has 0 aliphatic heterocycles. The second-order valence-corrected chi connectivity index (χ2v) is 6.96. The van der Waals surface area contributed by atoms with E-state index in [1.807, 2.05) is 13.2 Å². The molecule has 0 saturated carbocycles. The molecule has 0 bridgehead atoms. The highest BCUT2D eigenvalue weighted by Gasteiger charge is 2.09. The molecule has 0 radical (unpaired) electrons. The summed E-state index contributed by atoms with van der Waals surface area (Å²) in [5.41, 5.74) is 0. The van der Waals surface area contributed by atoms with Crippen molar-refractivity contribution in [1.82, 2.24) is 10.0 Å². The molecule has 1 unspecified atom stereocenters. The van der Waals surface area contributed by atoms with Crippen molar-refractivity contribution in [1.29, 1.82) is 0 Å². The normalized spacial score (nSPS) is 13.9. The van der Waals surface area contributed by atoms with Gasteiger partial charge in [-0.15, -0.1) is 0 Å². The molecule has 0 aliphatic rings. The summed E-state index contributed by atoms with van der Waals surface area (Å²) in [6.45, 7) is 6.31. The maximum atomic E-state index is 11.5. The SMILES string of the molecule is CCNCCCS(=O)(=O)NCCC(C)SC. The standard InChI is InChI=1S/C10H24N2O2S2/c1-4-11-7-5-9-16(13,14)12-8-6-10(2)15-3/h10-12H,4-9H2,1-3H3. The summed E-state index contributed by atoms with van der Waals surface area (Å²) in [7, 11) is -3.07. The molecule has 0 heterocycles. The van der Waals surface area contributed by atoms with E-state index in [-0.39, 0.29) is 5.75 Å². The smallest absolute Gasteiger partial charge is 0.211 e. The average Bonchev–Trinajstić information content (AvgIpc) is 2.24. The van der Waals surface area contributed by atoms with E-state index in [4.69, 9.17) is 0 Å². The van der Waals surface area contributed by atoms with Crippen LogP contribution in [0, 0.1) is 0 Å². The van der Waals surface area contributed by atoms with Crippen LogP contribution in [0.25, 0.3) is 0 Å². The second-order valence-electron chi connectivity index (χ2n) is 3.76. The number of rotatable bonds is 10. The Hall–Kier alpha value is 0.220. The number of sulfonamides is 1. The van der Waals surface area contributed by atoms with Gasteiger partial charge in [0.1, 0.15) is 0 Å². The van der Waals surface area contributed by atoms with Gasteiger partial charge in [-0.3, -0.25) is 0 Å². The molecule has 0 aromatic heterocycles. The van der Waals surface area contributed by atoms with E-state index in [0.29, 0.717) is 18.2 Å². The monoisotopic (exact) mass is 268 g/mol. The van der Waals surface area contributed by atoms with Crippen LogP contribution < -0.4 is 10.0 Å². The van der Waals surface area contributed by atoms with Crippen LogP contribution in [-0.4, -0.2) is 45.3 Å². The number of nitrogens with one attached hydrogen (secondary N) is 2. The summed E-state index contributed by atoms with van der Waals surface area (Å²) in [5.74, 6) is 0.216. The maximum absolute atomic E-state index is 11.5. The van der Waals surface area contributed by atoms with Crippen molar-refractivity contribution >= 4 is 21.8 Å². The van der Waals surface area contributed by atoms with Crippen LogP contribution in [0.3, 0.4) is 0 Å². The highest BCUT2D eigenvalue weighted by molar-refractivity contribution is 7.99. The van der Waals surface area contributed by atoms with Gasteiger partial charge in [0.2, 0.25) is 10.0 Å². The Kier molecular flexibility index (Phi) is 9.40. The minimum atomic E-state index is -3.07. The highest BCUT2D eigenvalue weighted by Crippen LogP contribution is 2.08. The summed E-state index contributed by atoms with van der Waals surface area (Å²) >= 11 is 1.75. The largest absolute Gasteiger partial charge is 0.317 e. The molecule has 0 rings (SSSR count). The quantitative estimate of drug-likeness (QED) is 0.581. The van der Waals surface area contributed by atoms with E-state index in [1.54, 1.807) is 11.8 Å². The van der Waals surface area contributed by atoms with Crippen LogP contribution in [0.15, 0.2) is 0 Å². The van der Waals surface area contributed by atoms with Gasteiger partial charge >= 0.3 is 0 Å². The van der Waals surface area contributed by atoms with Gasteiger partial charge in [-0.2, -0.15) is 11.8 Å². The summed E-state index contributed by atoms with van der Waals surface area (Å²) in [5, 5.41) is 3.61. The van der Waals surface area contributed by atoms with E-state index >= 15 is 0 Å². The summed E-state index contributed by atoms with van der Waals surface area (Å²) < 4.78 is 25.7. The number of hydrogen-bond donors (Lipinski definition) is 2. The van der Waals surface area contributed by atoms with Gasteiger partial charge in [-0.05, 0) is 32.2 Å². The molecule has 1 atom stereocenters. The van der Waals surface area contributed by atoms with Crippen LogP contribution in [0.4, 0.5) is 0 Å². The van der Waals surface area contributed by atoms with E-state index in [1.165, 1.54) is 0 Å². The molecule has 0 aromatic rings. The molecule has 4 nitrogen and oxygen atoms in total. The Morgan fingerprint density at radius 2 is 2.00 bits per heavy atom. The zero-order chi connectivity index (χ0) is 12.4. The summed E-state index contributed by atoms with van der Waals surface area (Å²) in [6, 6.07) is 0. The molecule has 0 spiro atoms. The van der Waals surface area contributed by atoms with Gasteiger partial charge in [-0.25, -0.2) is 13.1 Å². The molecule has 16 heavy (non-hydrogen) atoms. The lowest BCUT2D eigenvalue weighted by Gasteiger charge is -2.09. The molecule has 98 valence electrons. The fourth-order valence-electron chi connectivity index (χ4n) is 1.17. The topological polar surface area (TPSA) is 58.2 Å². The minimum Gasteiger partial charge on any atom is -0.317 e. The second kappa shape index (κ2) is 9.27. The maximum Gasteiger partial charge on any atom is 0.211 e. The molecule has 0 aliphatic carbocycles. The van der Waals surface area contributed by atoms with Crippen molar-refractivity contribution in [2.24, 2.45) is 0 Å². The van der Waals surface area contributed by atoms with Gasteiger partial charge < -0.3 is 5.32 Å². The first-order chi connectivity index (χ1) is 7.52. The molecular weight excluding hydrogens is 244 g/mol. The first kappa shape index (κ1) is 16.2. The van der Waals surface area contributed by atoms with E-state index in [2.05, 4.69) is 17.0 Å². The number of hydrogen-bond acceptors (Lipinski definition) is 4. The molecular formula is C10H24N2O2S2. The molecule has 0 amide bonds. The van der Waals surface area contributed by atoms with Crippen LogP contribution >= 0.6 is 11.8 Å². The zero-order valence-electron chi connectivity index (χ0n) is 10.5. The van der Waals surface area contributed by atoms with Gasteiger partial charge in [0.15, 0.2) is 0 Å². The Labute approximate surface area is 104 Å². The van der Waals surface area contributed by atoms with Crippen molar-refractivity contribution in [3.05, 3.63) is 0 Å². The summed E-state index contributed by atoms with van der Waals surface area (Å²) in [6.07, 6.45) is 3.59. The third-order valence-corrected chi connectivity index (χ3v) is 4.80. The highest BCUT2D eigenvalue weighted by atomic mass is 32.2. The Bertz CT molecular complexity index is 256. The third-order valence-electron chi connectivity index (χ3n) is 2.29. The first-order valence-corrected chi connectivity index (χ1v) is 8.66.